The maximum atomic E-state index is 14.0. The Morgan fingerprint density at radius 3 is 2.29 bits per heavy atom. The first-order valence-electron chi connectivity index (χ1n) is 13.6. The first-order chi connectivity index (χ1) is 19.4. The largest absolute Gasteiger partial charge is 0.489 e. The summed E-state index contributed by atoms with van der Waals surface area (Å²) in [4.78, 5) is 15.8. The number of aryl methyl sites for hydroxylation is 2. The number of halogens is 2. The van der Waals surface area contributed by atoms with Crippen molar-refractivity contribution in [3.63, 3.8) is 0 Å². The maximum Gasteiger partial charge on any atom is 0.162 e. The van der Waals surface area contributed by atoms with E-state index in [-0.39, 0.29) is 17.0 Å². The number of carbonyl (C=O) groups is 1. The highest BCUT2D eigenvalue weighted by Crippen LogP contribution is 2.51. The maximum absolute atomic E-state index is 14.0. The van der Waals surface area contributed by atoms with Crippen molar-refractivity contribution in [2.45, 2.75) is 60.0 Å². The number of allylic oxidation sites excluding steroid dienone is 3. The fraction of sp³-hybridized carbons (Fsp3) is 0.294. The molecule has 1 atom stereocenters. The summed E-state index contributed by atoms with van der Waals surface area (Å²) in [5.41, 5.74) is 13.9. The molecule has 2 aliphatic rings. The molecule has 1 aliphatic carbocycles. The molecule has 1 heterocycles. The summed E-state index contributed by atoms with van der Waals surface area (Å²) >= 11 is 12.8. The highest BCUT2D eigenvalue weighted by molar-refractivity contribution is 6.35. The van der Waals surface area contributed by atoms with Gasteiger partial charge in [0.1, 0.15) is 18.2 Å². The van der Waals surface area contributed by atoms with E-state index in [0.29, 0.717) is 46.3 Å². The van der Waals surface area contributed by atoms with Crippen LogP contribution in [0.3, 0.4) is 0 Å². The molecule has 0 radical (unpaired) electrons. The number of hydrogen-bond donors (Lipinski definition) is 1. The number of anilines is 1. The number of Topliss-reactive ketones (excluding diaryl/α,β-unsaturated/α-hetero) is 1. The molecule has 2 N–H and O–H groups in total. The number of ether oxygens (including phenoxy) is 1. The van der Waals surface area contributed by atoms with E-state index < -0.39 is 5.92 Å². The van der Waals surface area contributed by atoms with Crippen molar-refractivity contribution < 1.29 is 9.53 Å². The summed E-state index contributed by atoms with van der Waals surface area (Å²) in [6, 6.07) is 19.6. The quantitative estimate of drug-likeness (QED) is 0.325. The monoisotopic (exact) mass is 585 g/mol. The van der Waals surface area contributed by atoms with Crippen LogP contribution in [0.2, 0.25) is 10.0 Å². The first kappa shape index (κ1) is 28.8. The molecule has 0 amide bonds. The van der Waals surface area contributed by atoms with Crippen LogP contribution in [0.1, 0.15) is 60.4 Å². The van der Waals surface area contributed by atoms with E-state index in [1.807, 2.05) is 45.0 Å². The molecule has 0 aromatic heterocycles. The van der Waals surface area contributed by atoms with Crippen LogP contribution >= 0.6 is 23.2 Å². The lowest BCUT2D eigenvalue weighted by atomic mass is 9.68. The highest BCUT2D eigenvalue weighted by Gasteiger charge is 2.45. The van der Waals surface area contributed by atoms with Gasteiger partial charge in [-0.05, 0) is 79.6 Å². The third-order valence-corrected chi connectivity index (χ3v) is 8.35. The third kappa shape index (κ3) is 5.60. The second-order valence-electron chi connectivity index (χ2n) is 11.8. The van der Waals surface area contributed by atoms with Crippen LogP contribution in [-0.4, -0.2) is 5.78 Å². The fourth-order valence-electron chi connectivity index (χ4n) is 5.99. The summed E-state index contributed by atoms with van der Waals surface area (Å²) < 4.78 is 6.14. The van der Waals surface area contributed by atoms with Crippen molar-refractivity contribution >= 4 is 34.7 Å². The van der Waals surface area contributed by atoms with E-state index in [1.54, 1.807) is 23.1 Å². The zero-order chi connectivity index (χ0) is 29.6. The molecular weight excluding hydrogens is 553 g/mol. The number of ketones is 1. The molecule has 0 saturated carbocycles. The van der Waals surface area contributed by atoms with Crippen molar-refractivity contribution in [2.75, 3.05) is 4.90 Å². The minimum atomic E-state index is -0.595. The van der Waals surface area contributed by atoms with Crippen LogP contribution in [0, 0.1) is 37.5 Å². The van der Waals surface area contributed by atoms with Gasteiger partial charge in [-0.15, -0.1) is 0 Å². The molecule has 41 heavy (non-hydrogen) atoms. The van der Waals surface area contributed by atoms with E-state index in [0.717, 1.165) is 39.3 Å². The predicted octanol–water partition coefficient (Wildman–Crippen LogP) is 8.44. The van der Waals surface area contributed by atoms with Gasteiger partial charge in [0.2, 0.25) is 0 Å². The number of nitrogens with zero attached hydrogens (tertiary/aromatic N) is 2. The van der Waals surface area contributed by atoms with Crippen molar-refractivity contribution in [2.24, 2.45) is 11.1 Å². The SMILES string of the molecule is Cc1ccc(OCc2cc(C)cc(C3C(C#N)=C(N)N(c4cc(Cl)cc(Cl)c4)C4=C3C(=O)CC(C)(C)C4)c2C)cc1. The molecule has 3 aromatic rings. The van der Waals surface area contributed by atoms with Crippen LogP contribution in [0.4, 0.5) is 5.69 Å². The van der Waals surface area contributed by atoms with Gasteiger partial charge >= 0.3 is 0 Å². The molecule has 5 rings (SSSR count). The van der Waals surface area contributed by atoms with E-state index >= 15 is 0 Å². The predicted molar refractivity (Wildman–Crippen MR) is 165 cm³/mol. The summed E-state index contributed by atoms with van der Waals surface area (Å²) in [6.07, 6.45) is 0.974. The van der Waals surface area contributed by atoms with Crippen LogP contribution in [-0.2, 0) is 11.4 Å². The number of nitriles is 1. The number of carbonyl (C=O) groups excluding carboxylic acids is 1. The molecule has 0 fully saturated rings. The van der Waals surface area contributed by atoms with Crippen molar-refractivity contribution in [3.05, 3.63) is 115 Å². The lowest BCUT2D eigenvalue weighted by Gasteiger charge is -2.44. The molecule has 0 bridgehead atoms. The van der Waals surface area contributed by atoms with Gasteiger partial charge in [-0.25, -0.2) is 0 Å². The summed E-state index contributed by atoms with van der Waals surface area (Å²) in [5.74, 6) is 0.474. The fourth-order valence-corrected chi connectivity index (χ4v) is 6.51. The van der Waals surface area contributed by atoms with E-state index in [2.05, 4.69) is 32.0 Å². The number of nitrogens with two attached hydrogens (primary N) is 1. The second-order valence-corrected chi connectivity index (χ2v) is 12.7. The Morgan fingerprint density at radius 2 is 1.66 bits per heavy atom. The molecular formula is C34H33Cl2N3O2. The van der Waals surface area contributed by atoms with Gasteiger partial charge in [0.15, 0.2) is 5.78 Å². The summed E-state index contributed by atoms with van der Waals surface area (Å²) in [7, 11) is 0. The number of rotatable bonds is 5. The minimum absolute atomic E-state index is 0.0120. The number of hydrogen-bond acceptors (Lipinski definition) is 5. The zero-order valence-corrected chi connectivity index (χ0v) is 25.5. The normalized spacial score (nSPS) is 18.3. The van der Waals surface area contributed by atoms with Crippen LogP contribution in [0.25, 0.3) is 0 Å². The Balaban J connectivity index is 1.68. The van der Waals surface area contributed by atoms with Gasteiger partial charge < -0.3 is 10.5 Å². The van der Waals surface area contributed by atoms with Crippen LogP contribution in [0.15, 0.2) is 77.3 Å². The molecule has 3 aromatic carbocycles. The molecule has 210 valence electrons. The Labute approximate surface area is 251 Å². The van der Waals surface area contributed by atoms with E-state index in [4.69, 9.17) is 33.7 Å². The lowest BCUT2D eigenvalue weighted by Crippen LogP contribution is -2.42. The van der Waals surface area contributed by atoms with Gasteiger partial charge in [0, 0.05) is 27.7 Å². The van der Waals surface area contributed by atoms with Crippen LogP contribution < -0.4 is 15.4 Å². The van der Waals surface area contributed by atoms with Gasteiger partial charge in [-0.1, -0.05) is 72.4 Å². The van der Waals surface area contributed by atoms with Crippen molar-refractivity contribution in [1.29, 1.82) is 5.26 Å². The van der Waals surface area contributed by atoms with Crippen molar-refractivity contribution in [3.8, 4) is 11.8 Å². The lowest BCUT2D eigenvalue weighted by molar-refractivity contribution is -0.118. The molecule has 1 unspecified atom stereocenters. The van der Waals surface area contributed by atoms with Gasteiger partial charge in [0.25, 0.3) is 0 Å². The van der Waals surface area contributed by atoms with Gasteiger partial charge in [0.05, 0.1) is 23.2 Å². The zero-order valence-electron chi connectivity index (χ0n) is 23.9. The summed E-state index contributed by atoms with van der Waals surface area (Å²) in [6.45, 7) is 10.6. The average molecular weight is 587 g/mol. The first-order valence-corrected chi connectivity index (χ1v) is 14.4. The highest BCUT2D eigenvalue weighted by atomic mass is 35.5. The standard InChI is InChI=1S/C34H33Cl2N3O2/c1-19-6-8-26(9-7-19)41-18-22-10-20(2)11-27(21(22)3)31-28(17-37)33(38)39(25-13-23(35)12-24(36)14-25)29-15-34(4,5)16-30(40)32(29)31/h6-14,31H,15-16,18,38H2,1-5H3. The molecule has 0 saturated heterocycles. The average Bonchev–Trinajstić information content (AvgIpc) is 2.88. The molecule has 0 spiro atoms. The molecule has 5 nitrogen and oxygen atoms in total. The Hall–Kier alpha value is -3.72. The molecule has 1 aliphatic heterocycles. The van der Waals surface area contributed by atoms with E-state index in [9.17, 15) is 10.1 Å². The van der Waals surface area contributed by atoms with Crippen LogP contribution in [0.5, 0.6) is 5.75 Å². The smallest absolute Gasteiger partial charge is 0.162 e. The Bertz CT molecular complexity index is 1640. The summed E-state index contributed by atoms with van der Waals surface area (Å²) in [5, 5.41) is 11.4. The Kier molecular flexibility index (Phi) is 7.68. The Morgan fingerprint density at radius 1 is 1.00 bits per heavy atom. The van der Waals surface area contributed by atoms with Crippen molar-refractivity contribution in [1.82, 2.24) is 0 Å². The third-order valence-electron chi connectivity index (χ3n) is 7.91. The second kappa shape index (κ2) is 10.9. The van der Waals surface area contributed by atoms with Gasteiger partial charge in [-0.2, -0.15) is 5.26 Å². The number of benzene rings is 3. The topological polar surface area (TPSA) is 79.3 Å². The minimum Gasteiger partial charge on any atom is -0.489 e. The van der Waals surface area contributed by atoms with Gasteiger partial charge in [-0.3, -0.25) is 9.69 Å². The van der Waals surface area contributed by atoms with E-state index in [1.165, 1.54) is 0 Å². The molecule has 7 heteroatoms.